The minimum Gasteiger partial charge on any atom is -0.230 e. The molecular formula is C18H17N3S2. The number of hydrazone groups is 1. The van der Waals surface area contributed by atoms with Crippen LogP contribution in [0, 0.1) is 13.8 Å². The normalized spacial score (nSPS) is 17.6. The highest BCUT2D eigenvalue weighted by Crippen LogP contribution is 2.39. The predicted molar refractivity (Wildman–Crippen MR) is 98.7 cm³/mol. The smallest absolute Gasteiger partial charge is 0.206 e. The van der Waals surface area contributed by atoms with Crippen LogP contribution in [0.3, 0.4) is 0 Å². The second-order valence-electron chi connectivity index (χ2n) is 5.76. The molecule has 1 aliphatic heterocycles. The molecule has 3 nitrogen and oxygen atoms in total. The highest BCUT2D eigenvalue weighted by Gasteiger charge is 2.32. The summed E-state index contributed by atoms with van der Waals surface area (Å²) in [5.41, 5.74) is 4.66. The monoisotopic (exact) mass is 339 g/mol. The van der Waals surface area contributed by atoms with E-state index < -0.39 is 0 Å². The summed E-state index contributed by atoms with van der Waals surface area (Å²) in [6, 6.07) is 13.2. The van der Waals surface area contributed by atoms with E-state index in [0.717, 1.165) is 23.0 Å². The van der Waals surface area contributed by atoms with Crippen molar-refractivity contribution in [2.45, 2.75) is 26.3 Å². The van der Waals surface area contributed by atoms with Crippen LogP contribution >= 0.6 is 22.7 Å². The molecule has 0 N–H and O–H groups in total. The molecule has 0 saturated carbocycles. The molecule has 0 bridgehead atoms. The number of rotatable bonds is 3. The molecule has 23 heavy (non-hydrogen) atoms. The summed E-state index contributed by atoms with van der Waals surface area (Å²) in [5, 5.41) is 12.2. The molecule has 4 rings (SSSR count). The number of benzene rings is 1. The van der Waals surface area contributed by atoms with Gasteiger partial charge in [-0.1, -0.05) is 35.9 Å². The Kier molecular flexibility index (Phi) is 3.75. The highest BCUT2D eigenvalue weighted by molar-refractivity contribution is 7.13. The maximum atomic E-state index is 4.91. The molecule has 0 aliphatic carbocycles. The fraction of sp³-hybridized carbons (Fsp3) is 0.222. The molecule has 0 unspecified atom stereocenters. The number of anilines is 1. The molecule has 1 atom stereocenters. The largest absolute Gasteiger partial charge is 0.230 e. The lowest BCUT2D eigenvalue weighted by atomic mass is 10.0. The summed E-state index contributed by atoms with van der Waals surface area (Å²) >= 11 is 3.45. The van der Waals surface area contributed by atoms with E-state index in [9.17, 15) is 0 Å². The Hall–Kier alpha value is -1.98. The molecule has 3 aromatic rings. The number of hydrogen-bond acceptors (Lipinski definition) is 5. The fourth-order valence-corrected chi connectivity index (χ4v) is 4.37. The number of thiophene rings is 1. The van der Waals surface area contributed by atoms with Crippen LogP contribution in [0.5, 0.6) is 0 Å². The summed E-state index contributed by atoms with van der Waals surface area (Å²) in [4.78, 5) is 5.97. The van der Waals surface area contributed by atoms with Crippen molar-refractivity contribution in [3.05, 3.63) is 68.9 Å². The molecule has 5 heteroatoms. The SMILES string of the molecule is Cc1ccc(C2=NN(c3nc(C)cs3)[C@@H](c3cccs3)C2)cc1. The van der Waals surface area contributed by atoms with Gasteiger partial charge in [0.15, 0.2) is 0 Å². The summed E-state index contributed by atoms with van der Waals surface area (Å²) in [7, 11) is 0. The van der Waals surface area contributed by atoms with Crippen LogP contribution in [0.4, 0.5) is 5.13 Å². The second-order valence-corrected chi connectivity index (χ2v) is 7.58. The lowest BCUT2D eigenvalue weighted by molar-refractivity contribution is 0.718. The van der Waals surface area contributed by atoms with Crippen molar-refractivity contribution in [1.82, 2.24) is 4.98 Å². The zero-order valence-corrected chi connectivity index (χ0v) is 14.7. The van der Waals surface area contributed by atoms with E-state index in [1.165, 1.54) is 16.0 Å². The molecule has 0 radical (unpaired) electrons. The zero-order valence-electron chi connectivity index (χ0n) is 13.1. The van der Waals surface area contributed by atoms with E-state index >= 15 is 0 Å². The summed E-state index contributed by atoms with van der Waals surface area (Å²) in [5.74, 6) is 0. The molecule has 0 fully saturated rings. The van der Waals surface area contributed by atoms with Gasteiger partial charge in [0, 0.05) is 16.7 Å². The summed E-state index contributed by atoms with van der Waals surface area (Å²) in [6.07, 6.45) is 0.919. The van der Waals surface area contributed by atoms with Gasteiger partial charge in [0.1, 0.15) is 0 Å². The lowest BCUT2D eigenvalue weighted by Crippen LogP contribution is -2.17. The summed E-state index contributed by atoms with van der Waals surface area (Å²) in [6.45, 7) is 4.14. The fourth-order valence-electron chi connectivity index (χ4n) is 2.76. The second kappa shape index (κ2) is 5.91. The number of thiazole rings is 1. The first-order valence-corrected chi connectivity index (χ1v) is 9.36. The first-order chi connectivity index (χ1) is 11.2. The van der Waals surface area contributed by atoms with Crippen LogP contribution in [-0.4, -0.2) is 10.7 Å². The molecule has 1 aliphatic rings. The van der Waals surface area contributed by atoms with E-state index in [-0.39, 0.29) is 6.04 Å². The third kappa shape index (κ3) is 2.82. The predicted octanol–water partition coefficient (Wildman–Crippen LogP) is 5.18. The third-order valence-electron chi connectivity index (χ3n) is 3.97. The van der Waals surface area contributed by atoms with Gasteiger partial charge in [-0.05, 0) is 30.9 Å². The molecule has 0 saturated heterocycles. The van der Waals surface area contributed by atoms with Gasteiger partial charge in [-0.25, -0.2) is 9.99 Å². The van der Waals surface area contributed by atoms with Crippen molar-refractivity contribution >= 4 is 33.5 Å². The maximum Gasteiger partial charge on any atom is 0.206 e. The number of aryl methyl sites for hydroxylation is 2. The van der Waals surface area contributed by atoms with Gasteiger partial charge in [-0.15, -0.1) is 22.7 Å². The van der Waals surface area contributed by atoms with E-state index in [1.807, 2.05) is 6.92 Å². The Bertz CT molecular complexity index is 832. The minimum absolute atomic E-state index is 0.247. The van der Waals surface area contributed by atoms with Crippen LogP contribution < -0.4 is 5.01 Å². The van der Waals surface area contributed by atoms with Gasteiger partial charge in [0.25, 0.3) is 0 Å². The Morgan fingerprint density at radius 1 is 1.09 bits per heavy atom. The number of hydrogen-bond donors (Lipinski definition) is 0. The van der Waals surface area contributed by atoms with Gasteiger partial charge in [-0.3, -0.25) is 0 Å². The number of nitrogens with zero attached hydrogens (tertiary/aromatic N) is 3. The molecular weight excluding hydrogens is 322 g/mol. The maximum absolute atomic E-state index is 4.91. The minimum atomic E-state index is 0.247. The van der Waals surface area contributed by atoms with Crippen LogP contribution in [0.2, 0.25) is 0 Å². The van der Waals surface area contributed by atoms with Crippen LogP contribution in [0.15, 0.2) is 52.3 Å². The van der Waals surface area contributed by atoms with E-state index in [1.54, 1.807) is 22.7 Å². The molecule has 1 aromatic carbocycles. The quantitative estimate of drug-likeness (QED) is 0.658. The molecule has 3 heterocycles. The van der Waals surface area contributed by atoms with Crippen LogP contribution in [0.25, 0.3) is 0 Å². The van der Waals surface area contributed by atoms with Crippen molar-refractivity contribution in [2.24, 2.45) is 5.10 Å². The van der Waals surface area contributed by atoms with Crippen molar-refractivity contribution in [3.63, 3.8) is 0 Å². The number of aromatic nitrogens is 1. The van der Waals surface area contributed by atoms with Gasteiger partial charge >= 0.3 is 0 Å². The first-order valence-electron chi connectivity index (χ1n) is 7.60. The zero-order chi connectivity index (χ0) is 15.8. The average Bonchev–Trinajstić information content (AvgIpc) is 3.27. The van der Waals surface area contributed by atoms with Gasteiger partial charge in [-0.2, -0.15) is 5.10 Å². The van der Waals surface area contributed by atoms with Crippen LogP contribution in [0.1, 0.15) is 34.2 Å². The highest BCUT2D eigenvalue weighted by atomic mass is 32.1. The average molecular weight is 339 g/mol. The standard InChI is InChI=1S/C18H17N3S2/c1-12-5-7-14(8-6-12)15-10-16(17-4-3-9-22-17)21(20-15)18-19-13(2)11-23-18/h3-9,11,16H,10H2,1-2H3/t16-/m1/s1. The van der Waals surface area contributed by atoms with Crippen molar-refractivity contribution in [3.8, 4) is 0 Å². The van der Waals surface area contributed by atoms with Gasteiger partial charge in [0.2, 0.25) is 5.13 Å². The summed E-state index contributed by atoms with van der Waals surface area (Å²) < 4.78 is 0. The lowest BCUT2D eigenvalue weighted by Gasteiger charge is -2.19. The van der Waals surface area contributed by atoms with Gasteiger partial charge < -0.3 is 0 Å². The van der Waals surface area contributed by atoms with E-state index in [2.05, 4.69) is 64.1 Å². The molecule has 0 amide bonds. The van der Waals surface area contributed by atoms with Crippen molar-refractivity contribution < 1.29 is 0 Å². The Morgan fingerprint density at radius 2 is 1.91 bits per heavy atom. The first kappa shape index (κ1) is 14.6. The third-order valence-corrected chi connectivity index (χ3v) is 5.89. The van der Waals surface area contributed by atoms with E-state index in [4.69, 9.17) is 5.10 Å². The van der Waals surface area contributed by atoms with Crippen LogP contribution in [-0.2, 0) is 0 Å². The molecule has 0 spiro atoms. The van der Waals surface area contributed by atoms with Crippen molar-refractivity contribution in [1.29, 1.82) is 0 Å². The molecule has 116 valence electrons. The Balaban J connectivity index is 1.73. The van der Waals surface area contributed by atoms with Gasteiger partial charge in [0.05, 0.1) is 17.4 Å². The van der Waals surface area contributed by atoms with E-state index in [0.29, 0.717) is 0 Å². The Morgan fingerprint density at radius 3 is 2.57 bits per heavy atom. The Labute approximate surface area is 143 Å². The topological polar surface area (TPSA) is 28.5 Å². The van der Waals surface area contributed by atoms with Crippen molar-refractivity contribution in [2.75, 3.05) is 5.01 Å². The molecule has 2 aromatic heterocycles.